The Morgan fingerprint density at radius 1 is 1.25 bits per heavy atom. The zero-order valence-electron chi connectivity index (χ0n) is 17.8. The summed E-state index contributed by atoms with van der Waals surface area (Å²) < 4.78 is 7.63. The Balaban J connectivity index is 1.77. The molecule has 2 heterocycles. The van der Waals surface area contributed by atoms with Crippen LogP contribution >= 0.6 is 0 Å². The largest absolute Gasteiger partial charge is 0.465 e. The fraction of sp³-hybridized carbons (Fsp3) is 0.542. The predicted octanol–water partition coefficient (Wildman–Crippen LogP) is 5.21. The van der Waals surface area contributed by atoms with Crippen molar-refractivity contribution in [2.45, 2.75) is 53.0 Å². The molecule has 1 aliphatic heterocycles. The van der Waals surface area contributed by atoms with Gasteiger partial charge in [-0.1, -0.05) is 37.3 Å². The van der Waals surface area contributed by atoms with E-state index in [1.54, 1.807) is 0 Å². The number of nitrogens with zero attached hydrogens (tertiary/aromatic N) is 2. The van der Waals surface area contributed by atoms with Crippen LogP contribution in [0.5, 0.6) is 0 Å². The lowest BCUT2D eigenvalue weighted by atomic mass is 9.90. The lowest BCUT2D eigenvalue weighted by Crippen LogP contribution is -2.39. The minimum atomic E-state index is -0.103. The van der Waals surface area contributed by atoms with Crippen molar-refractivity contribution in [3.05, 3.63) is 41.6 Å². The molecule has 1 fully saturated rings. The van der Waals surface area contributed by atoms with Crippen molar-refractivity contribution in [2.75, 3.05) is 26.2 Å². The van der Waals surface area contributed by atoms with Gasteiger partial charge in [0.25, 0.3) is 0 Å². The van der Waals surface area contributed by atoms with Crippen molar-refractivity contribution in [2.24, 2.45) is 5.92 Å². The van der Waals surface area contributed by atoms with Crippen LogP contribution in [0.3, 0.4) is 0 Å². The molecule has 1 unspecified atom stereocenters. The van der Waals surface area contributed by atoms with Gasteiger partial charge in [0.05, 0.1) is 13.2 Å². The lowest BCUT2D eigenvalue weighted by Gasteiger charge is -2.35. The van der Waals surface area contributed by atoms with Gasteiger partial charge in [0.1, 0.15) is 0 Å². The van der Waals surface area contributed by atoms with Crippen molar-refractivity contribution in [3.63, 3.8) is 0 Å². The van der Waals surface area contributed by atoms with E-state index in [0.29, 0.717) is 25.1 Å². The van der Waals surface area contributed by atoms with Crippen LogP contribution in [0.4, 0.5) is 0 Å². The molecule has 0 radical (unpaired) electrons. The molecule has 1 aromatic carbocycles. The summed E-state index contributed by atoms with van der Waals surface area (Å²) in [6.07, 6.45) is 7.81. The molecule has 0 aliphatic carbocycles. The van der Waals surface area contributed by atoms with E-state index in [1.807, 2.05) is 6.92 Å². The minimum Gasteiger partial charge on any atom is -0.465 e. The van der Waals surface area contributed by atoms with Gasteiger partial charge in [-0.3, -0.25) is 9.69 Å². The van der Waals surface area contributed by atoms with Crippen LogP contribution in [0.25, 0.3) is 17.0 Å². The first kappa shape index (κ1) is 20.7. The first-order valence-electron chi connectivity index (χ1n) is 10.7. The number of hydrogen-bond donors (Lipinski definition) is 0. The number of allylic oxidation sites excluding steroid dienone is 1. The summed E-state index contributed by atoms with van der Waals surface area (Å²) in [6.45, 7) is 11.5. The van der Waals surface area contributed by atoms with Gasteiger partial charge in [0.15, 0.2) is 0 Å². The molecule has 1 aliphatic rings. The van der Waals surface area contributed by atoms with E-state index < -0.39 is 0 Å². The van der Waals surface area contributed by atoms with Gasteiger partial charge in [0, 0.05) is 28.2 Å². The smallest absolute Gasteiger partial charge is 0.320 e. The first-order valence-corrected chi connectivity index (χ1v) is 10.7. The van der Waals surface area contributed by atoms with Crippen LogP contribution in [-0.4, -0.2) is 41.7 Å². The van der Waals surface area contributed by atoms with Gasteiger partial charge in [-0.05, 0) is 65.1 Å². The van der Waals surface area contributed by atoms with Crippen LogP contribution in [-0.2, 0) is 9.53 Å². The van der Waals surface area contributed by atoms with Gasteiger partial charge >= 0.3 is 5.97 Å². The second-order valence-electron chi connectivity index (χ2n) is 7.86. The molecule has 0 amide bonds. The van der Waals surface area contributed by atoms with Crippen molar-refractivity contribution >= 4 is 22.9 Å². The normalized spacial score (nSPS) is 17.4. The number of carbonyl (C=O) groups excluding carboxylic acids is 1. The standard InChI is InChI=1S/C24H34N2O2/c1-5-7-10-21-19(4)26(23-12-9-8-11-22(21)23)18(3)20-13-15-25(16-14-20)17-24(27)28-6-2/h7-12,18,20H,5-6,13-17H2,1-4H3/b10-7+. The van der Waals surface area contributed by atoms with Gasteiger partial charge in [-0.25, -0.2) is 0 Å². The molecular formula is C24H34N2O2. The maximum atomic E-state index is 11.8. The topological polar surface area (TPSA) is 34.5 Å². The highest BCUT2D eigenvalue weighted by Crippen LogP contribution is 2.36. The summed E-state index contributed by atoms with van der Waals surface area (Å²) in [5.74, 6) is 0.518. The second kappa shape index (κ2) is 9.42. The summed E-state index contributed by atoms with van der Waals surface area (Å²) in [7, 11) is 0. The molecular weight excluding hydrogens is 348 g/mol. The molecule has 28 heavy (non-hydrogen) atoms. The average molecular weight is 383 g/mol. The van der Waals surface area contributed by atoms with Gasteiger partial charge in [0.2, 0.25) is 0 Å². The third kappa shape index (κ3) is 4.33. The second-order valence-corrected chi connectivity index (χ2v) is 7.86. The third-order valence-corrected chi connectivity index (χ3v) is 6.10. The maximum Gasteiger partial charge on any atom is 0.320 e. The van der Waals surface area contributed by atoms with Gasteiger partial charge in [-0.15, -0.1) is 0 Å². The molecule has 2 aromatic rings. The molecule has 0 spiro atoms. The lowest BCUT2D eigenvalue weighted by molar-refractivity contribution is -0.144. The number of rotatable bonds is 7. The van der Waals surface area contributed by atoms with Crippen LogP contribution in [0.15, 0.2) is 30.3 Å². The SMILES string of the molecule is CC/C=C/c1c(C)n(C(C)C2CCN(CC(=O)OCC)CC2)c2ccccc12. The minimum absolute atomic E-state index is 0.103. The van der Waals surface area contributed by atoms with E-state index >= 15 is 0 Å². The fourth-order valence-corrected chi connectivity index (χ4v) is 4.58. The molecule has 152 valence electrons. The highest BCUT2D eigenvalue weighted by molar-refractivity contribution is 5.91. The van der Waals surface area contributed by atoms with Crippen molar-refractivity contribution in [1.82, 2.24) is 9.47 Å². The number of aromatic nitrogens is 1. The number of benzene rings is 1. The Hall–Kier alpha value is -2.07. The van der Waals surface area contributed by atoms with E-state index in [9.17, 15) is 4.79 Å². The van der Waals surface area contributed by atoms with Crippen LogP contribution in [0.2, 0.25) is 0 Å². The third-order valence-electron chi connectivity index (χ3n) is 6.10. The predicted molar refractivity (Wildman–Crippen MR) is 117 cm³/mol. The molecule has 1 aromatic heterocycles. The van der Waals surface area contributed by atoms with E-state index in [2.05, 4.69) is 66.7 Å². The molecule has 1 saturated heterocycles. The van der Waals surface area contributed by atoms with E-state index in [0.717, 1.165) is 32.4 Å². The number of esters is 1. The maximum absolute atomic E-state index is 11.8. The van der Waals surface area contributed by atoms with E-state index in [-0.39, 0.29) is 5.97 Å². The van der Waals surface area contributed by atoms with Gasteiger partial charge in [-0.2, -0.15) is 0 Å². The Labute approximate surface area is 169 Å². The van der Waals surface area contributed by atoms with Crippen molar-refractivity contribution < 1.29 is 9.53 Å². The molecule has 0 N–H and O–H groups in total. The summed E-state index contributed by atoms with van der Waals surface area (Å²) in [5, 5.41) is 1.34. The number of hydrogen-bond acceptors (Lipinski definition) is 3. The molecule has 0 saturated carbocycles. The molecule has 1 atom stereocenters. The highest BCUT2D eigenvalue weighted by atomic mass is 16.5. The summed E-state index contributed by atoms with van der Waals surface area (Å²) in [5.41, 5.74) is 4.04. The summed E-state index contributed by atoms with van der Waals surface area (Å²) in [4.78, 5) is 14.0. The Kier molecular flexibility index (Phi) is 6.95. The summed E-state index contributed by atoms with van der Waals surface area (Å²) in [6, 6.07) is 9.20. The first-order chi connectivity index (χ1) is 13.6. The van der Waals surface area contributed by atoms with Crippen LogP contribution < -0.4 is 0 Å². The molecule has 0 bridgehead atoms. The van der Waals surface area contributed by atoms with Gasteiger partial charge < -0.3 is 9.30 Å². The monoisotopic (exact) mass is 382 g/mol. The number of piperidine rings is 1. The Morgan fingerprint density at radius 3 is 2.64 bits per heavy atom. The number of para-hydroxylation sites is 1. The molecule has 3 rings (SSSR count). The van der Waals surface area contributed by atoms with E-state index in [4.69, 9.17) is 4.74 Å². The molecule has 4 nitrogen and oxygen atoms in total. The zero-order valence-corrected chi connectivity index (χ0v) is 17.8. The van der Waals surface area contributed by atoms with Crippen LogP contribution in [0, 0.1) is 12.8 Å². The molecule has 4 heteroatoms. The Bertz CT molecular complexity index is 828. The Morgan fingerprint density at radius 2 is 1.96 bits per heavy atom. The number of fused-ring (bicyclic) bond motifs is 1. The quantitative estimate of drug-likeness (QED) is 0.617. The summed E-state index contributed by atoms with van der Waals surface area (Å²) >= 11 is 0. The fourth-order valence-electron chi connectivity index (χ4n) is 4.58. The van der Waals surface area contributed by atoms with E-state index in [1.165, 1.54) is 22.2 Å². The van der Waals surface area contributed by atoms with Crippen molar-refractivity contribution in [3.8, 4) is 0 Å². The van der Waals surface area contributed by atoms with Crippen molar-refractivity contribution in [1.29, 1.82) is 0 Å². The highest BCUT2D eigenvalue weighted by Gasteiger charge is 2.28. The zero-order chi connectivity index (χ0) is 20.1. The van der Waals surface area contributed by atoms with Crippen LogP contribution in [0.1, 0.15) is 57.3 Å². The number of ether oxygens (including phenoxy) is 1. The number of carbonyl (C=O) groups is 1. The average Bonchev–Trinajstić information content (AvgIpc) is 2.98. The number of likely N-dealkylation sites (tertiary alicyclic amines) is 1.